The molecule has 2 N–H and O–H groups in total. The molecule has 3 nitrogen and oxygen atoms in total. The number of anilines is 1. The van der Waals surface area contributed by atoms with Crippen LogP contribution in [0.2, 0.25) is 5.02 Å². The number of hydrogen-bond donors (Lipinski definition) is 2. The first-order chi connectivity index (χ1) is 7.99. The molecule has 0 spiro atoms. The van der Waals surface area contributed by atoms with Crippen LogP contribution in [0.15, 0.2) is 24.3 Å². The van der Waals surface area contributed by atoms with Crippen LogP contribution in [0.1, 0.15) is 20.8 Å². The van der Waals surface area contributed by atoms with Crippen molar-refractivity contribution in [1.82, 2.24) is 5.32 Å². The van der Waals surface area contributed by atoms with Crippen molar-refractivity contribution in [3.8, 4) is 0 Å². The molecule has 0 saturated carbocycles. The second-order valence-electron chi connectivity index (χ2n) is 4.47. The van der Waals surface area contributed by atoms with Gasteiger partial charge in [-0.1, -0.05) is 31.5 Å². The van der Waals surface area contributed by atoms with Gasteiger partial charge in [0.05, 0.1) is 6.54 Å². The predicted octanol–water partition coefficient (Wildman–Crippen LogP) is 2.91. The van der Waals surface area contributed by atoms with Gasteiger partial charge in [-0.3, -0.25) is 4.79 Å². The summed E-state index contributed by atoms with van der Waals surface area (Å²) < 4.78 is 0. The molecule has 1 amide bonds. The van der Waals surface area contributed by atoms with Crippen LogP contribution in [0.5, 0.6) is 0 Å². The average Bonchev–Trinajstić information content (AvgIpc) is 2.25. The van der Waals surface area contributed by atoms with E-state index in [9.17, 15) is 4.79 Å². The lowest BCUT2D eigenvalue weighted by Crippen LogP contribution is -2.37. The van der Waals surface area contributed by atoms with Gasteiger partial charge >= 0.3 is 0 Å². The molecule has 0 saturated heterocycles. The fourth-order valence-corrected chi connectivity index (χ4v) is 1.45. The molecule has 94 valence electrons. The van der Waals surface area contributed by atoms with Crippen molar-refractivity contribution in [1.29, 1.82) is 0 Å². The third-order valence-electron chi connectivity index (χ3n) is 2.69. The maximum absolute atomic E-state index is 11.6. The Balaban J connectivity index is 2.40. The molecule has 4 heteroatoms. The molecule has 0 radical (unpaired) electrons. The van der Waals surface area contributed by atoms with Crippen molar-refractivity contribution in [2.24, 2.45) is 5.92 Å². The Morgan fingerprint density at radius 1 is 1.35 bits per heavy atom. The minimum absolute atomic E-state index is 0.0558. The Kier molecular flexibility index (Phi) is 5.45. The van der Waals surface area contributed by atoms with Crippen molar-refractivity contribution in [2.45, 2.75) is 26.8 Å². The van der Waals surface area contributed by atoms with Gasteiger partial charge in [0.15, 0.2) is 0 Å². The summed E-state index contributed by atoms with van der Waals surface area (Å²) in [5.41, 5.74) is 0.724. The molecule has 1 unspecified atom stereocenters. The number of amides is 1. The van der Waals surface area contributed by atoms with Crippen LogP contribution >= 0.6 is 11.6 Å². The van der Waals surface area contributed by atoms with Crippen LogP contribution < -0.4 is 10.6 Å². The lowest BCUT2D eigenvalue weighted by atomic mass is 10.1. The maximum Gasteiger partial charge on any atom is 0.238 e. The summed E-state index contributed by atoms with van der Waals surface area (Å²) in [5.74, 6) is 0.453. The van der Waals surface area contributed by atoms with Crippen LogP contribution in [0.25, 0.3) is 0 Å². The molecule has 0 aliphatic heterocycles. The second-order valence-corrected chi connectivity index (χ2v) is 4.91. The highest BCUT2D eigenvalue weighted by atomic mass is 35.5. The van der Waals surface area contributed by atoms with Crippen molar-refractivity contribution in [3.63, 3.8) is 0 Å². The van der Waals surface area contributed by atoms with Gasteiger partial charge in [0.25, 0.3) is 0 Å². The first-order valence-electron chi connectivity index (χ1n) is 5.78. The van der Waals surface area contributed by atoms with Gasteiger partial charge in [-0.25, -0.2) is 0 Å². The molecule has 1 atom stereocenters. The molecule has 0 aliphatic carbocycles. The number of benzene rings is 1. The number of rotatable bonds is 5. The predicted molar refractivity (Wildman–Crippen MR) is 72.4 cm³/mol. The van der Waals surface area contributed by atoms with E-state index in [4.69, 9.17) is 11.6 Å². The SMILES string of the molecule is CC(C)C(C)NCC(=O)Nc1cccc(Cl)c1. The first-order valence-corrected chi connectivity index (χ1v) is 6.15. The summed E-state index contributed by atoms with van der Waals surface area (Å²) >= 11 is 5.83. The minimum Gasteiger partial charge on any atom is -0.325 e. The number of carbonyl (C=O) groups excluding carboxylic acids is 1. The molecular weight excluding hydrogens is 236 g/mol. The van der Waals surface area contributed by atoms with Gasteiger partial charge in [-0.2, -0.15) is 0 Å². The number of nitrogens with one attached hydrogen (secondary N) is 2. The van der Waals surface area contributed by atoms with Crippen molar-refractivity contribution in [3.05, 3.63) is 29.3 Å². The number of hydrogen-bond acceptors (Lipinski definition) is 2. The van der Waals surface area contributed by atoms with Crippen LogP contribution in [0, 0.1) is 5.92 Å². The summed E-state index contributed by atoms with van der Waals surface area (Å²) in [6.45, 7) is 6.61. The normalized spacial score (nSPS) is 12.5. The van der Waals surface area contributed by atoms with Gasteiger partial charge in [0.2, 0.25) is 5.91 Å². The standard InChI is InChI=1S/C13H19ClN2O/c1-9(2)10(3)15-8-13(17)16-12-6-4-5-11(14)7-12/h4-7,9-10,15H,8H2,1-3H3,(H,16,17). The lowest BCUT2D eigenvalue weighted by Gasteiger charge is -2.17. The number of halogens is 1. The highest BCUT2D eigenvalue weighted by Crippen LogP contribution is 2.14. The van der Waals surface area contributed by atoms with Crippen LogP contribution in [0.4, 0.5) is 5.69 Å². The Morgan fingerprint density at radius 3 is 2.65 bits per heavy atom. The molecule has 0 aliphatic rings. The summed E-state index contributed by atoms with van der Waals surface area (Å²) in [6, 6.07) is 7.44. The summed E-state index contributed by atoms with van der Waals surface area (Å²) in [5, 5.41) is 6.58. The number of carbonyl (C=O) groups is 1. The third kappa shape index (κ3) is 5.20. The zero-order valence-electron chi connectivity index (χ0n) is 10.5. The molecule has 0 heterocycles. The van der Waals surface area contributed by atoms with Crippen molar-refractivity contribution >= 4 is 23.2 Å². The summed E-state index contributed by atoms with van der Waals surface area (Å²) in [7, 11) is 0. The molecule has 1 aromatic rings. The maximum atomic E-state index is 11.6. The third-order valence-corrected chi connectivity index (χ3v) is 2.93. The van der Waals surface area contributed by atoms with Gasteiger partial charge in [0, 0.05) is 16.8 Å². The Morgan fingerprint density at radius 2 is 2.06 bits per heavy atom. The molecule has 1 rings (SSSR count). The zero-order chi connectivity index (χ0) is 12.8. The summed E-state index contributed by atoms with van der Waals surface area (Å²) in [4.78, 5) is 11.6. The second kappa shape index (κ2) is 6.62. The Hall–Kier alpha value is -1.06. The van der Waals surface area contributed by atoms with Crippen molar-refractivity contribution < 1.29 is 4.79 Å². The minimum atomic E-state index is -0.0558. The topological polar surface area (TPSA) is 41.1 Å². The summed E-state index contributed by atoms with van der Waals surface area (Å²) in [6.07, 6.45) is 0. The largest absolute Gasteiger partial charge is 0.325 e. The molecule has 1 aromatic carbocycles. The van der Waals surface area contributed by atoms with E-state index in [2.05, 4.69) is 31.4 Å². The fourth-order valence-electron chi connectivity index (χ4n) is 1.26. The van der Waals surface area contributed by atoms with Crippen LogP contribution in [0.3, 0.4) is 0 Å². The van der Waals surface area contributed by atoms with Gasteiger partial charge in [0.1, 0.15) is 0 Å². The molecule has 17 heavy (non-hydrogen) atoms. The molecule has 0 bridgehead atoms. The molecule has 0 aromatic heterocycles. The fraction of sp³-hybridized carbons (Fsp3) is 0.462. The van der Waals surface area contributed by atoms with E-state index in [0.717, 1.165) is 5.69 Å². The van der Waals surface area contributed by atoms with E-state index in [0.29, 0.717) is 23.5 Å². The zero-order valence-corrected chi connectivity index (χ0v) is 11.2. The van der Waals surface area contributed by atoms with Crippen LogP contribution in [-0.2, 0) is 4.79 Å². The smallest absolute Gasteiger partial charge is 0.238 e. The van der Waals surface area contributed by atoms with Crippen LogP contribution in [-0.4, -0.2) is 18.5 Å². The van der Waals surface area contributed by atoms with E-state index >= 15 is 0 Å². The average molecular weight is 255 g/mol. The van der Waals surface area contributed by atoms with Gasteiger partial charge in [-0.15, -0.1) is 0 Å². The quantitative estimate of drug-likeness (QED) is 0.848. The highest BCUT2D eigenvalue weighted by Gasteiger charge is 2.08. The van der Waals surface area contributed by atoms with E-state index in [-0.39, 0.29) is 5.91 Å². The Labute approximate surface area is 108 Å². The lowest BCUT2D eigenvalue weighted by molar-refractivity contribution is -0.115. The monoisotopic (exact) mass is 254 g/mol. The first kappa shape index (κ1) is 14.0. The van der Waals surface area contributed by atoms with Gasteiger partial charge in [-0.05, 0) is 31.0 Å². The molecular formula is C13H19ClN2O. The van der Waals surface area contributed by atoms with E-state index in [1.807, 2.05) is 12.1 Å². The van der Waals surface area contributed by atoms with E-state index in [1.165, 1.54) is 0 Å². The van der Waals surface area contributed by atoms with Gasteiger partial charge < -0.3 is 10.6 Å². The van der Waals surface area contributed by atoms with E-state index in [1.54, 1.807) is 12.1 Å². The highest BCUT2D eigenvalue weighted by molar-refractivity contribution is 6.30. The molecule has 0 fully saturated rings. The van der Waals surface area contributed by atoms with E-state index < -0.39 is 0 Å². The Bertz CT molecular complexity index is 379. The van der Waals surface area contributed by atoms with Crippen molar-refractivity contribution in [2.75, 3.05) is 11.9 Å².